The summed E-state index contributed by atoms with van der Waals surface area (Å²) in [4.78, 5) is 52.0. The molecule has 1 N–H and O–H groups in total. The second-order valence-electron chi connectivity index (χ2n) is 7.45. The molecule has 150 valence electrons. The van der Waals surface area contributed by atoms with Crippen LogP contribution in [-0.2, 0) is 23.9 Å². The molecule has 9 heteroatoms. The number of carbonyl (C=O) groups is 4. The number of carbonyl (C=O) groups excluding carboxylic acids is 4. The van der Waals surface area contributed by atoms with Crippen molar-refractivity contribution in [1.29, 1.82) is 0 Å². The van der Waals surface area contributed by atoms with Gasteiger partial charge < -0.3 is 14.7 Å². The van der Waals surface area contributed by atoms with Gasteiger partial charge in [0.1, 0.15) is 6.04 Å². The number of fused-ring (bicyclic) bond motifs is 1. The van der Waals surface area contributed by atoms with Crippen LogP contribution in [0.2, 0.25) is 0 Å². The maximum Gasteiger partial charge on any atom is 0.330 e. The van der Waals surface area contributed by atoms with Crippen molar-refractivity contribution in [3.63, 3.8) is 0 Å². The summed E-state index contributed by atoms with van der Waals surface area (Å²) in [7, 11) is 0. The van der Waals surface area contributed by atoms with Crippen molar-refractivity contribution in [2.45, 2.75) is 62.8 Å². The topological polar surface area (TPSA) is 104 Å². The Morgan fingerprint density at radius 3 is 2.52 bits per heavy atom. The smallest absolute Gasteiger partial charge is 0.330 e. The van der Waals surface area contributed by atoms with Gasteiger partial charge in [0.15, 0.2) is 0 Å². The molecule has 0 spiro atoms. The van der Waals surface area contributed by atoms with Crippen LogP contribution in [0.5, 0.6) is 0 Å². The lowest BCUT2D eigenvalue weighted by atomic mass is 9.79. The van der Waals surface area contributed by atoms with Gasteiger partial charge in [-0.05, 0) is 26.2 Å². The Kier molecular flexibility index (Phi) is 5.54. The molecule has 0 aromatic heterocycles. The molecule has 3 rings (SSSR count). The molecule has 7 unspecified atom stereocenters. The summed E-state index contributed by atoms with van der Waals surface area (Å²) in [5.41, 5.74) is 0. The molecule has 0 aliphatic carbocycles. The summed E-state index contributed by atoms with van der Waals surface area (Å²) < 4.78 is 5.19. The number of ether oxygens (including phenoxy) is 1. The van der Waals surface area contributed by atoms with Crippen molar-refractivity contribution in [3.8, 4) is 0 Å². The Hall–Kier alpha value is -1.61. The average Bonchev–Trinajstić information content (AvgIpc) is 3.05. The zero-order valence-electron chi connectivity index (χ0n) is 16.0. The molecule has 0 radical (unpaired) electrons. The Balaban J connectivity index is 1.84. The first kappa shape index (κ1) is 20.1. The fourth-order valence-electron chi connectivity index (χ4n) is 4.55. The van der Waals surface area contributed by atoms with E-state index in [-0.39, 0.29) is 41.5 Å². The highest BCUT2D eigenvalue weighted by Gasteiger charge is 2.65. The van der Waals surface area contributed by atoms with Crippen LogP contribution < -0.4 is 0 Å². The van der Waals surface area contributed by atoms with E-state index in [2.05, 4.69) is 0 Å². The van der Waals surface area contributed by atoms with Crippen molar-refractivity contribution in [2.75, 3.05) is 13.2 Å². The zero-order chi connectivity index (χ0) is 20.0. The number of thioether (sulfide) groups is 1. The molecule has 3 fully saturated rings. The molecule has 3 amide bonds. The Labute approximate surface area is 162 Å². The molecule has 8 nitrogen and oxygen atoms in total. The number of hydrogen-bond acceptors (Lipinski definition) is 7. The summed E-state index contributed by atoms with van der Waals surface area (Å²) in [6.07, 6.45) is -0.269. The van der Waals surface area contributed by atoms with E-state index in [1.54, 1.807) is 13.8 Å². The van der Waals surface area contributed by atoms with E-state index >= 15 is 0 Å². The van der Waals surface area contributed by atoms with Crippen LogP contribution in [0.4, 0.5) is 0 Å². The number of likely N-dealkylation sites (tertiary alicyclic amines) is 1. The summed E-state index contributed by atoms with van der Waals surface area (Å²) in [6, 6.07) is -1.01. The maximum absolute atomic E-state index is 12.6. The van der Waals surface area contributed by atoms with Crippen LogP contribution in [0.25, 0.3) is 0 Å². The third-order valence-corrected chi connectivity index (χ3v) is 7.57. The fourth-order valence-corrected chi connectivity index (χ4v) is 6.21. The van der Waals surface area contributed by atoms with E-state index in [9.17, 15) is 24.3 Å². The molecule has 3 heterocycles. The number of nitrogens with zero attached hydrogens (tertiary/aromatic N) is 2. The minimum atomic E-state index is -0.797. The summed E-state index contributed by atoms with van der Waals surface area (Å²) in [5, 5.41) is 9.24. The highest BCUT2D eigenvalue weighted by atomic mass is 32.2. The lowest BCUT2D eigenvalue weighted by Gasteiger charge is -2.47. The molecule has 0 aromatic carbocycles. The molecule has 3 saturated heterocycles. The summed E-state index contributed by atoms with van der Waals surface area (Å²) >= 11 is 1.36. The van der Waals surface area contributed by atoms with E-state index in [0.717, 1.165) is 0 Å². The van der Waals surface area contributed by atoms with E-state index in [1.165, 1.54) is 28.5 Å². The molecule has 7 atom stereocenters. The minimum Gasteiger partial charge on any atom is -0.464 e. The van der Waals surface area contributed by atoms with Crippen LogP contribution in [-0.4, -0.2) is 80.4 Å². The molecule has 3 aliphatic heterocycles. The number of aliphatic hydroxyl groups excluding tert-OH is 1. The Morgan fingerprint density at radius 1 is 1.33 bits per heavy atom. The number of amides is 3. The molecular weight excluding hydrogens is 372 g/mol. The van der Waals surface area contributed by atoms with Gasteiger partial charge in [0.25, 0.3) is 0 Å². The van der Waals surface area contributed by atoms with Gasteiger partial charge in [-0.15, -0.1) is 11.8 Å². The second kappa shape index (κ2) is 7.43. The average molecular weight is 398 g/mol. The molecule has 27 heavy (non-hydrogen) atoms. The molecule has 0 aromatic rings. The third kappa shape index (κ3) is 3.14. The first-order valence-corrected chi connectivity index (χ1v) is 10.3. The molecule has 0 bridgehead atoms. The van der Waals surface area contributed by atoms with Gasteiger partial charge in [0.2, 0.25) is 17.7 Å². The first-order valence-electron chi connectivity index (χ1n) is 9.35. The Bertz CT molecular complexity index is 668. The van der Waals surface area contributed by atoms with Crippen molar-refractivity contribution in [2.24, 2.45) is 11.8 Å². The summed E-state index contributed by atoms with van der Waals surface area (Å²) in [6.45, 7) is 7.17. The standard InChI is InChI=1S/C18H26N2O6S/c1-5-26-18(25)14-15(27-11-6-7-19(10(4)22)16(11)23)8(2)13-12(9(3)21)17(24)20(13)14/h8-9,11-15,21H,5-7H2,1-4H3. The predicted octanol–water partition coefficient (Wildman–Crippen LogP) is 0.0248. The second-order valence-corrected chi connectivity index (χ2v) is 8.83. The normalized spacial score (nSPS) is 36.5. The van der Waals surface area contributed by atoms with Gasteiger partial charge in [-0.2, -0.15) is 0 Å². The van der Waals surface area contributed by atoms with Gasteiger partial charge in [-0.1, -0.05) is 6.92 Å². The van der Waals surface area contributed by atoms with Crippen molar-refractivity contribution < 1.29 is 29.0 Å². The molecule has 3 aliphatic rings. The number of esters is 1. The minimum absolute atomic E-state index is 0.0825. The van der Waals surface area contributed by atoms with Crippen molar-refractivity contribution in [3.05, 3.63) is 0 Å². The number of aliphatic hydroxyl groups is 1. The van der Waals surface area contributed by atoms with Crippen LogP contribution in [0, 0.1) is 11.8 Å². The highest BCUT2D eigenvalue weighted by Crippen LogP contribution is 2.50. The first-order chi connectivity index (χ1) is 12.7. The van der Waals surface area contributed by atoms with E-state index in [4.69, 9.17) is 4.74 Å². The number of imide groups is 1. The number of β-lactam (4-membered cyclic amide) rings is 1. The quantitative estimate of drug-likeness (QED) is 0.514. The maximum atomic E-state index is 12.6. The lowest BCUT2D eigenvalue weighted by Crippen LogP contribution is -2.65. The van der Waals surface area contributed by atoms with Gasteiger partial charge in [0.05, 0.1) is 29.9 Å². The van der Waals surface area contributed by atoms with E-state index < -0.39 is 29.3 Å². The van der Waals surface area contributed by atoms with Gasteiger partial charge >= 0.3 is 5.97 Å². The van der Waals surface area contributed by atoms with Crippen molar-refractivity contribution in [1.82, 2.24) is 9.80 Å². The fraction of sp³-hybridized carbons (Fsp3) is 0.778. The predicted molar refractivity (Wildman–Crippen MR) is 97.6 cm³/mol. The lowest BCUT2D eigenvalue weighted by molar-refractivity contribution is -0.172. The SMILES string of the molecule is CCOC(=O)C1C(SC2CCN(C(C)=O)C2=O)C(C)C2C(C(C)O)C(=O)N12. The summed E-state index contributed by atoms with van der Waals surface area (Å²) in [5.74, 6) is -1.86. The van der Waals surface area contributed by atoms with Gasteiger partial charge in [-0.25, -0.2) is 4.79 Å². The molecule has 0 saturated carbocycles. The van der Waals surface area contributed by atoms with E-state index in [0.29, 0.717) is 13.0 Å². The van der Waals surface area contributed by atoms with Crippen LogP contribution in [0.3, 0.4) is 0 Å². The highest BCUT2D eigenvalue weighted by molar-refractivity contribution is 8.01. The van der Waals surface area contributed by atoms with Gasteiger partial charge in [0, 0.05) is 18.7 Å². The van der Waals surface area contributed by atoms with Crippen molar-refractivity contribution >= 4 is 35.5 Å². The number of hydrogen-bond donors (Lipinski definition) is 1. The van der Waals surface area contributed by atoms with Gasteiger partial charge in [-0.3, -0.25) is 19.3 Å². The van der Waals surface area contributed by atoms with Crippen LogP contribution in [0.1, 0.15) is 34.1 Å². The third-order valence-electron chi connectivity index (χ3n) is 5.80. The largest absolute Gasteiger partial charge is 0.464 e. The number of rotatable bonds is 5. The Morgan fingerprint density at radius 2 is 2.00 bits per heavy atom. The monoisotopic (exact) mass is 398 g/mol. The van der Waals surface area contributed by atoms with Crippen LogP contribution in [0.15, 0.2) is 0 Å². The van der Waals surface area contributed by atoms with Crippen LogP contribution >= 0.6 is 11.8 Å². The molecular formula is C18H26N2O6S. The van der Waals surface area contributed by atoms with E-state index in [1.807, 2.05) is 6.92 Å². The zero-order valence-corrected chi connectivity index (χ0v) is 16.8.